The van der Waals surface area contributed by atoms with Crippen LogP contribution in [0.25, 0.3) is 0 Å². The summed E-state index contributed by atoms with van der Waals surface area (Å²) in [7, 11) is 1.77. The van der Waals surface area contributed by atoms with Crippen LogP contribution in [-0.2, 0) is 6.54 Å². The second-order valence-electron chi connectivity index (χ2n) is 4.34. The number of hydrogen-bond acceptors (Lipinski definition) is 4. The normalized spacial score (nSPS) is 10.4. The van der Waals surface area contributed by atoms with Gasteiger partial charge in [-0.25, -0.2) is 9.37 Å². The van der Waals surface area contributed by atoms with E-state index in [2.05, 4.69) is 15.3 Å². The van der Waals surface area contributed by atoms with Crippen LogP contribution in [-0.4, -0.2) is 23.6 Å². The molecule has 0 fully saturated rings. The zero-order chi connectivity index (χ0) is 14.5. The molecule has 2 aromatic rings. The molecule has 0 saturated carbocycles. The summed E-state index contributed by atoms with van der Waals surface area (Å²) in [5.74, 6) is 0.201. The third-order valence-corrected chi connectivity index (χ3v) is 3.16. The first-order valence-corrected chi connectivity index (χ1v) is 6.70. The van der Waals surface area contributed by atoms with Crippen molar-refractivity contribution in [3.05, 3.63) is 46.9 Å². The van der Waals surface area contributed by atoms with Crippen LogP contribution >= 0.6 is 11.6 Å². The average molecular weight is 295 g/mol. The Bertz CT molecular complexity index is 591. The van der Waals surface area contributed by atoms with Gasteiger partial charge in [0.15, 0.2) is 11.6 Å². The van der Waals surface area contributed by atoms with Gasteiger partial charge in [0.05, 0.1) is 6.20 Å². The van der Waals surface area contributed by atoms with Gasteiger partial charge in [-0.1, -0.05) is 29.8 Å². The molecule has 0 amide bonds. The van der Waals surface area contributed by atoms with Crippen molar-refractivity contribution in [2.24, 2.45) is 0 Å². The fourth-order valence-electron chi connectivity index (χ4n) is 1.83. The highest BCUT2D eigenvalue weighted by Gasteiger charge is 2.13. The quantitative estimate of drug-likeness (QED) is 0.918. The van der Waals surface area contributed by atoms with Crippen molar-refractivity contribution in [1.29, 1.82) is 0 Å². The smallest absolute Gasteiger partial charge is 0.224 e. The Kier molecular flexibility index (Phi) is 4.74. The Morgan fingerprint density at radius 3 is 2.80 bits per heavy atom. The summed E-state index contributed by atoms with van der Waals surface area (Å²) >= 11 is 6.11. The lowest BCUT2D eigenvalue weighted by molar-refractivity contribution is 0.607. The van der Waals surface area contributed by atoms with Crippen molar-refractivity contribution in [2.75, 3.05) is 23.8 Å². The lowest BCUT2D eigenvalue weighted by Crippen LogP contribution is -2.20. The number of nitrogens with zero attached hydrogens (tertiary/aromatic N) is 3. The van der Waals surface area contributed by atoms with Gasteiger partial charge in [-0.05, 0) is 18.6 Å². The number of rotatable bonds is 5. The third-order valence-electron chi connectivity index (χ3n) is 2.79. The Balaban J connectivity index is 2.22. The molecule has 1 aromatic heterocycles. The minimum Gasteiger partial charge on any atom is -0.354 e. The summed E-state index contributed by atoms with van der Waals surface area (Å²) in [5.41, 5.74) is 0.916. The van der Waals surface area contributed by atoms with Gasteiger partial charge in [0.1, 0.15) is 0 Å². The molecule has 106 valence electrons. The first kappa shape index (κ1) is 14.5. The van der Waals surface area contributed by atoms with Crippen LogP contribution in [0.1, 0.15) is 12.5 Å². The van der Waals surface area contributed by atoms with E-state index in [4.69, 9.17) is 11.6 Å². The van der Waals surface area contributed by atoms with E-state index < -0.39 is 5.82 Å². The number of hydrogen-bond donors (Lipinski definition) is 1. The van der Waals surface area contributed by atoms with Crippen molar-refractivity contribution < 1.29 is 4.39 Å². The molecular weight excluding hydrogens is 279 g/mol. The second-order valence-corrected chi connectivity index (χ2v) is 4.75. The van der Waals surface area contributed by atoms with E-state index in [9.17, 15) is 4.39 Å². The topological polar surface area (TPSA) is 41.1 Å². The maximum absolute atomic E-state index is 13.8. The average Bonchev–Trinajstić information content (AvgIpc) is 2.43. The molecular formula is C14H16ClFN4. The van der Waals surface area contributed by atoms with E-state index in [0.717, 1.165) is 5.56 Å². The summed E-state index contributed by atoms with van der Waals surface area (Å²) in [4.78, 5) is 9.77. The SMILES string of the molecule is CCNc1ncc(F)c(N(C)Cc2ccccc2Cl)n1. The first-order chi connectivity index (χ1) is 9.61. The molecule has 1 N–H and O–H groups in total. The fraction of sp³-hybridized carbons (Fsp3) is 0.286. The van der Waals surface area contributed by atoms with Crippen molar-refractivity contribution in [1.82, 2.24) is 9.97 Å². The highest BCUT2D eigenvalue weighted by Crippen LogP contribution is 2.21. The van der Waals surface area contributed by atoms with E-state index >= 15 is 0 Å². The molecule has 1 heterocycles. The number of halogens is 2. The number of aromatic nitrogens is 2. The summed E-state index contributed by atoms with van der Waals surface area (Å²) in [5, 5.41) is 3.62. The van der Waals surface area contributed by atoms with Crippen LogP contribution in [0.2, 0.25) is 5.02 Å². The van der Waals surface area contributed by atoms with E-state index in [1.165, 1.54) is 6.20 Å². The lowest BCUT2D eigenvalue weighted by atomic mass is 10.2. The Morgan fingerprint density at radius 2 is 2.10 bits per heavy atom. The van der Waals surface area contributed by atoms with E-state index in [1.54, 1.807) is 11.9 Å². The van der Waals surface area contributed by atoms with Crippen molar-refractivity contribution in [2.45, 2.75) is 13.5 Å². The first-order valence-electron chi connectivity index (χ1n) is 6.32. The molecule has 0 aliphatic rings. The largest absolute Gasteiger partial charge is 0.354 e. The van der Waals surface area contributed by atoms with E-state index in [-0.39, 0.29) is 5.82 Å². The van der Waals surface area contributed by atoms with Crippen LogP contribution in [0.3, 0.4) is 0 Å². The summed E-state index contributed by atoms with van der Waals surface area (Å²) < 4.78 is 13.8. The van der Waals surface area contributed by atoms with Crippen LogP contribution in [0, 0.1) is 5.82 Å². The highest BCUT2D eigenvalue weighted by molar-refractivity contribution is 6.31. The molecule has 0 unspecified atom stereocenters. The monoisotopic (exact) mass is 294 g/mol. The predicted octanol–water partition coefficient (Wildman–Crippen LogP) is 3.34. The van der Waals surface area contributed by atoms with E-state index in [1.807, 2.05) is 31.2 Å². The lowest BCUT2D eigenvalue weighted by Gasteiger charge is -2.19. The Morgan fingerprint density at radius 1 is 1.35 bits per heavy atom. The highest BCUT2D eigenvalue weighted by atomic mass is 35.5. The van der Waals surface area contributed by atoms with Crippen molar-refractivity contribution in [3.8, 4) is 0 Å². The molecule has 0 bridgehead atoms. The molecule has 0 aliphatic heterocycles. The standard InChI is InChI=1S/C14H16ClFN4/c1-3-17-14-18-8-12(16)13(19-14)20(2)9-10-6-4-5-7-11(10)15/h4-8H,3,9H2,1-2H3,(H,17,18,19). The molecule has 2 rings (SSSR count). The van der Waals surface area contributed by atoms with Gasteiger partial charge in [-0.2, -0.15) is 4.98 Å². The van der Waals surface area contributed by atoms with Gasteiger partial charge in [0.25, 0.3) is 0 Å². The molecule has 1 aromatic carbocycles. The third kappa shape index (κ3) is 3.36. The Labute approximate surface area is 122 Å². The summed E-state index contributed by atoms with van der Waals surface area (Å²) in [6.45, 7) is 3.08. The molecule has 20 heavy (non-hydrogen) atoms. The van der Waals surface area contributed by atoms with Crippen molar-refractivity contribution in [3.63, 3.8) is 0 Å². The van der Waals surface area contributed by atoms with Gasteiger partial charge < -0.3 is 10.2 Å². The molecule has 0 saturated heterocycles. The van der Waals surface area contributed by atoms with Crippen molar-refractivity contribution >= 4 is 23.4 Å². The van der Waals surface area contributed by atoms with Crippen LogP contribution in [0.4, 0.5) is 16.2 Å². The van der Waals surface area contributed by atoms with Gasteiger partial charge in [-0.15, -0.1) is 0 Å². The fourth-order valence-corrected chi connectivity index (χ4v) is 2.02. The minimum atomic E-state index is -0.457. The predicted molar refractivity (Wildman–Crippen MR) is 79.7 cm³/mol. The molecule has 4 nitrogen and oxygen atoms in total. The number of benzene rings is 1. The molecule has 0 aliphatic carbocycles. The zero-order valence-corrected chi connectivity index (χ0v) is 12.2. The van der Waals surface area contributed by atoms with Gasteiger partial charge in [0, 0.05) is 25.2 Å². The molecule has 0 radical (unpaired) electrons. The van der Waals surface area contributed by atoms with Gasteiger partial charge in [0.2, 0.25) is 5.95 Å². The number of anilines is 2. The zero-order valence-electron chi connectivity index (χ0n) is 11.4. The summed E-state index contributed by atoms with van der Waals surface area (Å²) in [6, 6.07) is 7.48. The molecule has 6 heteroatoms. The van der Waals surface area contributed by atoms with Crippen LogP contribution in [0.5, 0.6) is 0 Å². The second kappa shape index (κ2) is 6.52. The van der Waals surface area contributed by atoms with E-state index in [0.29, 0.717) is 24.1 Å². The summed E-state index contributed by atoms with van der Waals surface area (Å²) in [6.07, 6.45) is 1.17. The Hall–Kier alpha value is -1.88. The maximum atomic E-state index is 13.8. The van der Waals surface area contributed by atoms with Crippen LogP contribution in [0.15, 0.2) is 30.5 Å². The molecule has 0 atom stereocenters. The molecule has 0 spiro atoms. The maximum Gasteiger partial charge on any atom is 0.224 e. The van der Waals surface area contributed by atoms with Gasteiger partial charge in [-0.3, -0.25) is 0 Å². The minimum absolute atomic E-state index is 0.246. The van der Waals surface area contributed by atoms with Gasteiger partial charge >= 0.3 is 0 Å². The van der Waals surface area contributed by atoms with Crippen LogP contribution < -0.4 is 10.2 Å². The number of nitrogens with one attached hydrogen (secondary N) is 1.